The van der Waals surface area contributed by atoms with Crippen molar-refractivity contribution in [1.29, 1.82) is 0 Å². The summed E-state index contributed by atoms with van der Waals surface area (Å²) in [5.41, 5.74) is 0. The molecule has 72 valence electrons. The fourth-order valence-electron chi connectivity index (χ4n) is 1.22. The normalized spacial score (nSPS) is 28.0. The highest BCUT2D eigenvalue weighted by atomic mass is 32.2. The third kappa shape index (κ3) is 1.94. The Balaban J connectivity index is 1.79. The molecule has 13 heavy (non-hydrogen) atoms. The van der Waals surface area contributed by atoms with Crippen molar-refractivity contribution < 1.29 is 9.59 Å². The predicted octanol–water partition coefficient (Wildman–Crippen LogP) is -1.10. The molecular formula is C7H11N3O2S. The van der Waals surface area contributed by atoms with Gasteiger partial charge in [0.2, 0.25) is 5.91 Å². The Morgan fingerprint density at radius 3 is 2.77 bits per heavy atom. The molecule has 0 aromatic heterocycles. The van der Waals surface area contributed by atoms with Gasteiger partial charge in [-0.3, -0.25) is 9.59 Å². The van der Waals surface area contributed by atoms with E-state index in [1.807, 2.05) is 0 Å². The van der Waals surface area contributed by atoms with Crippen LogP contribution in [0.1, 0.15) is 0 Å². The van der Waals surface area contributed by atoms with E-state index in [2.05, 4.69) is 16.0 Å². The van der Waals surface area contributed by atoms with E-state index in [1.165, 1.54) is 0 Å². The Hall–Kier alpha value is -0.750. The average Bonchev–Trinajstić information content (AvgIpc) is 2.44. The highest BCUT2D eigenvalue weighted by Gasteiger charge is 2.30. The second-order valence-electron chi connectivity index (χ2n) is 3.16. The van der Waals surface area contributed by atoms with Gasteiger partial charge in [0.25, 0.3) is 5.24 Å². The predicted molar refractivity (Wildman–Crippen MR) is 49.6 cm³/mol. The van der Waals surface area contributed by atoms with Crippen molar-refractivity contribution in [3.05, 3.63) is 0 Å². The molecule has 0 spiro atoms. The van der Waals surface area contributed by atoms with Crippen LogP contribution in [-0.2, 0) is 4.79 Å². The van der Waals surface area contributed by atoms with Crippen molar-refractivity contribution in [1.82, 2.24) is 16.0 Å². The molecule has 1 atom stereocenters. The Morgan fingerprint density at radius 2 is 2.31 bits per heavy atom. The van der Waals surface area contributed by atoms with Crippen molar-refractivity contribution in [2.45, 2.75) is 12.1 Å². The lowest BCUT2D eigenvalue weighted by atomic mass is 10.1. The Bertz CT molecular complexity index is 242. The van der Waals surface area contributed by atoms with E-state index in [0.717, 1.165) is 24.9 Å². The zero-order valence-corrected chi connectivity index (χ0v) is 7.82. The molecule has 0 aliphatic carbocycles. The summed E-state index contributed by atoms with van der Waals surface area (Å²) in [5.74, 6) is 0.481. The topological polar surface area (TPSA) is 70.2 Å². The van der Waals surface area contributed by atoms with Crippen LogP contribution in [0.15, 0.2) is 0 Å². The molecule has 0 bridgehead atoms. The summed E-state index contributed by atoms with van der Waals surface area (Å²) in [5, 5.41) is 8.40. The van der Waals surface area contributed by atoms with Crippen molar-refractivity contribution in [3.8, 4) is 0 Å². The van der Waals surface area contributed by atoms with Gasteiger partial charge in [0.1, 0.15) is 6.04 Å². The number of carbonyl (C=O) groups excluding carboxylic acids is 2. The van der Waals surface area contributed by atoms with Gasteiger partial charge >= 0.3 is 0 Å². The molecule has 2 fully saturated rings. The number of carbonyl (C=O) groups is 2. The van der Waals surface area contributed by atoms with Gasteiger partial charge in [-0.05, 0) is 0 Å². The summed E-state index contributed by atoms with van der Waals surface area (Å²) in [7, 11) is 0. The van der Waals surface area contributed by atoms with Crippen LogP contribution in [0.2, 0.25) is 0 Å². The van der Waals surface area contributed by atoms with Crippen molar-refractivity contribution >= 4 is 22.9 Å². The van der Waals surface area contributed by atoms with Gasteiger partial charge in [-0.15, -0.1) is 0 Å². The third-order valence-corrected chi connectivity index (χ3v) is 3.00. The second-order valence-corrected chi connectivity index (χ2v) is 4.15. The molecule has 2 rings (SSSR count). The first-order valence-electron chi connectivity index (χ1n) is 4.20. The highest BCUT2D eigenvalue weighted by Crippen LogP contribution is 2.12. The van der Waals surface area contributed by atoms with E-state index < -0.39 is 0 Å². The minimum atomic E-state index is -0.335. The molecule has 6 heteroatoms. The van der Waals surface area contributed by atoms with Crippen LogP contribution >= 0.6 is 11.8 Å². The van der Waals surface area contributed by atoms with Crippen molar-refractivity contribution in [2.75, 3.05) is 18.8 Å². The lowest BCUT2D eigenvalue weighted by Crippen LogP contribution is -2.59. The van der Waals surface area contributed by atoms with Gasteiger partial charge in [-0.2, -0.15) is 0 Å². The lowest BCUT2D eigenvalue weighted by Gasteiger charge is -2.28. The van der Waals surface area contributed by atoms with Crippen LogP contribution in [0.3, 0.4) is 0 Å². The second kappa shape index (κ2) is 3.55. The molecule has 0 radical (unpaired) electrons. The Kier molecular flexibility index (Phi) is 2.41. The van der Waals surface area contributed by atoms with Gasteiger partial charge in [0, 0.05) is 18.8 Å². The quantitative estimate of drug-likeness (QED) is 0.530. The summed E-state index contributed by atoms with van der Waals surface area (Å²) in [6.45, 7) is 1.67. The largest absolute Gasteiger partial charge is 0.349 e. The molecule has 2 aliphatic heterocycles. The number of hydrogen-bond donors (Lipinski definition) is 3. The van der Waals surface area contributed by atoms with Crippen molar-refractivity contribution in [2.24, 2.45) is 0 Å². The maximum atomic E-state index is 11.4. The number of nitrogens with one attached hydrogen (secondary N) is 3. The molecule has 2 saturated heterocycles. The monoisotopic (exact) mass is 201 g/mol. The SMILES string of the molecule is O=C1NC(C(=O)NC2CNC2)CS1. The van der Waals surface area contributed by atoms with Crippen LogP contribution in [0.5, 0.6) is 0 Å². The van der Waals surface area contributed by atoms with Gasteiger partial charge in [-0.1, -0.05) is 11.8 Å². The minimum Gasteiger partial charge on any atom is -0.349 e. The van der Waals surface area contributed by atoms with Gasteiger partial charge in [0.15, 0.2) is 0 Å². The Morgan fingerprint density at radius 1 is 1.54 bits per heavy atom. The van der Waals surface area contributed by atoms with Crippen LogP contribution in [0, 0.1) is 0 Å². The highest BCUT2D eigenvalue weighted by molar-refractivity contribution is 8.14. The van der Waals surface area contributed by atoms with Gasteiger partial charge < -0.3 is 16.0 Å². The zero-order valence-electron chi connectivity index (χ0n) is 7.00. The summed E-state index contributed by atoms with van der Waals surface area (Å²) in [6, 6.07) is -0.0897. The fraction of sp³-hybridized carbons (Fsp3) is 0.714. The van der Waals surface area contributed by atoms with Crippen LogP contribution in [-0.4, -0.2) is 42.1 Å². The number of rotatable bonds is 2. The average molecular weight is 201 g/mol. The Labute approximate surface area is 80.0 Å². The maximum absolute atomic E-state index is 11.4. The number of thioether (sulfide) groups is 1. The third-order valence-electron chi connectivity index (χ3n) is 2.12. The molecule has 2 aliphatic rings. The first-order chi connectivity index (χ1) is 6.25. The van der Waals surface area contributed by atoms with Crippen LogP contribution in [0.25, 0.3) is 0 Å². The van der Waals surface area contributed by atoms with E-state index in [-0.39, 0.29) is 23.2 Å². The number of hydrogen-bond acceptors (Lipinski definition) is 4. The zero-order chi connectivity index (χ0) is 9.26. The van der Waals surface area contributed by atoms with Crippen LogP contribution in [0.4, 0.5) is 4.79 Å². The van der Waals surface area contributed by atoms with Crippen LogP contribution < -0.4 is 16.0 Å². The summed E-state index contributed by atoms with van der Waals surface area (Å²) >= 11 is 1.16. The summed E-state index contributed by atoms with van der Waals surface area (Å²) < 4.78 is 0. The van der Waals surface area contributed by atoms with E-state index >= 15 is 0 Å². The molecule has 0 aromatic carbocycles. The van der Waals surface area contributed by atoms with E-state index in [9.17, 15) is 9.59 Å². The maximum Gasteiger partial charge on any atom is 0.279 e. The first-order valence-corrected chi connectivity index (χ1v) is 5.18. The smallest absolute Gasteiger partial charge is 0.279 e. The molecule has 2 amide bonds. The van der Waals surface area contributed by atoms with E-state index in [1.54, 1.807) is 0 Å². The van der Waals surface area contributed by atoms with Gasteiger partial charge in [0.05, 0.1) is 6.04 Å². The molecule has 0 aromatic rings. The molecule has 2 heterocycles. The van der Waals surface area contributed by atoms with E-state index in [4.69, 9.17) is 0 Å². The van der Waals surface area contributed by atoms with Gasteiger partial charge in [-0.25, -0.2) is 0 Å². The standard InChI is InChI=1S/C7H11N3O2S/c11-6(9-4-1-8-2-4)5-3-13-7(12)10-5/h4-5,8H,1-3H2,(H,9,11)(H,10,12). The molecule has 1 unspecified atom stereocenters. The first kappa shape index (κ1) is 8.83. The lowest BCUT2D eigenvalue weighted by molar-refractivity contribution is -0.123. The molecular weight excluding hydrogens is 190 g/mol. The fourth-order valence-corrected chi connectivity index (χ4v) is 2.00. The van der Waals surface area contributed by atoms with Crippen molar-refractivity contribution in [3.63, 3.8) is 0 Å². The van der Waals surface area contributed by atoms with E-state index in [0.29, 0.717) is 5.75 Å². The molecule has 0 saturated carbocycles. The number of amides is 2. The summed E-state index contributed by atoms with van der Waals surface area (Å²) in [4.78, 5) is 22.2. The molecule has 3 N–H and O–H groups in total. The minimum absolute atomic E-state index is 0.0650. The summed E-state index contributed by atoms with van der Waals surface area (Å²) in [6.07, 6.45) is 0. The molecule has 5 nitrogen and oxygen atoms in total.